The van der Waals surface area contributed by atoms with E-state index in [1.165, 1.54) is 11.8 Å². The SMILES string of the molecule is CCCC[C@@H](Sc1ccc2nnc(-c3ccc(OCC)cc3)n2n1)C(=O)[O-]. The zero-order chi connectivity index (χ0) is 19.2. The number of thioether (sulfide) groups is 1. The second kappa shape index (κ2) is 8.85. The molecule has 0 bridgehead atoms. The van der Waals surface area contributed by atoms with Crippen LogP contribution in [0, 0.1) is 0 Å². The number of carbonyl (C=O) groups excluding carboxylic acids is 1. The molecule has 0 amide bonds. The second-order valence-electron chi connectivity index (χ2n) is 5.99. The Labute approximate surface area is 161 Å². The molecule has 3 rings (SSSR count). The van der Waals surface area contributed by atoms with Crippen LogP contribution in [0.1, 0.15) is 33.1 Å². The summed E-state index contributed by atoms with van der Waals surface area (Å²) < 4.78 is 7.09. The van der Waals surface area contributed by atoms with Crippen molar-refractivity contribution >= 4 is 23.4 Å². The standard InChI is InChI=1S/C19H22N4O3S/c1-3-5-6-15(19(24)25)27-17-12-11-16-20-21-18(23(16)22-17)13-7-9-14(10-8-13)26-4-2/h7-12,15H,3-6H2,1-2H3,(H,24,25)/p-1/t15-/m1/s1. The normalized spacial score (nSPS) is 12.2. The third kappa shape index (κ3) is 4.57. The third-order valence-corrected chi connectivity index (χ3v) is 5.18. The van der Waals surface area contributed by atoms with E-state index in [-0.39, 0.29) is 0 Å². The van der Waals surface area contributed by atoms with Gasteiger partial charge in [0.1, 0.15) is 10.8 Å². The van der Waals surface area contributed by atoms with Crippen molar-refractivity contribution in [1.82, 2.24) is 19.8 Å². The third-order valence-electron chi connectivity index (χ3n) is 4.01. The molecule has 0 fully saturated rings. The van der Waals surface area contributed by atoms with Crippen molar-refractivity contribution in [2.75, 3.05) is 6.61 Å². The van der Waals surface area contributed by atoms with Gasteiger partial charge in [-0.3, -0.25) is 0 Å². The average molecular weight is 385 g/mol. The summed E-state index contributed by atoms with van der Waals surface area (Å²) in [4.78, 5) is 11.4. The molecule has 27 heavy (non-hydrogen) atoms. The van der Waals surface area contributed by atoms with Crippen LogP contribution in [0.5, 0.6) is 5.75 Å². The molecule has 0 radical (unpaired) electrons. The maximum atomic E-state index is 11.4. The first-order valence-electron chi connectivity index (χ1n) is 8.95. The molecule has 0 N–H and O–H groups in total. The lowest BCUT2D eigenvalue weighted by molar-refractivity contribution is -0.304. The maximum Gasteiger partial charge on any atom is 0.185 e. The van der Waals surface area contributed by atoms with Crippen LogP contribution in [0.3, 0.4) is 0 Å². The van der Waals surface area contributed by atoms with Crippen LogP contribution >= 0.6 is 11.8 Å². The van der Waals surface area contributed by atoms with E-state index in [2.05, 4.69) is 15.3 Å². The molecule has 2 heterocycles. The number of aromatic nitrogens is 4. The van der Waals surface area contributed by atoms with Gasteiger partial charge in [-0.05, 0) is 49.7 Å². The zero-order valence-corrected chi connectivity index (χ0v) is 16.1. The van der Waals surface area contributed by atoms with Gasteiger partial charge < -0.3 is 14.6 Å². The van der Waals surface area contributed by atoms with Crippen LogP contribution in [0.25, 0.3) is 17.0 Å². The minimum atomic E-state index is -1.06. The Hall–Kier alpha value is -2.61. The van der Waals surface area contributed by atoms with Gasteiger partial charge in [0, 0.05) is 5.56 Å². The van der Waals surface area contributed by atoms with Crippen LogP contribution < -0.4 is 9.84 Å². The molecular formula is C19H21N4O3S-. The first-order valence-corrected chi connectivity index (χ1v) is 9.83. The first kappa shape index (κ1) is 19.2. The van der Waals surface area contributed by atoms with Crippen molar-refractivity contribution in [1.29, 1.82) is 0 Å². The zero-order valence-electron chi connectivity index (χ0n) is 15.3. The van der Waals surface area contributed by atoms with Gasteiger partial charge in [-0.25, -0.2) is 0 Å². The van der Waals surface area contributed by atoms with Gasteiger partial charge in [-0.1, -0.05) is 31.5 Å². The number of carboxylic acid groups (broad SMARTS) is 1. The van der Waals surface area contributed by atoms with Crippen molar-refractivity contribution < 1.29 is 14.6 Å². The molecule has 1 atom stereocenters. The molecule has 0 saturated heterocycles. The molecule has 0 aliphatic rings. The summed E-state index contributed by atoms with van der Waals surface area (Å²) in [5, 5.41) is 24.3. The fourth-order valence-corrected chi connectivity index (χ4v) is 3.59. The Bertz CT molecular complexity index is 911. The van der Waals surface area contributed by atoms with Crippen LogP contribution in [-0.4, -0.2) is 37.6 Å². The van der Waals surface area contributed by atoms with Gasteiger partial charge in [0.25, 0.3) is 0 Å². The molecule has 7 nitrogen and oxygen atoms in total. The molecule has 0 aliphatic carbocycles. The van der Waals surface area contributed by atoms with E-state index < -0.39 is 11.2 Å². The van der Waals surface area contributed by atoms with Crippen LogP contribution in [0.4, 0.5) is 0 Å². The number of carboxylic acids is 1. The minimum absolute atomic E-state index is 0.553. The van der Waals surface area contributed by atoms with Gasteiger partial charge in [0.2, 0.25) is 0 Å². The van der Waals surface area contributed by atoms with E-state index in [0.717, 1.165) is 24.2 Å². The van der Waals surface area contributed by atoms with Gasteiger partial charge in [0.05, 0.1) is 17.8 Å². The Morgan fingerprint density at radius 3 is 2.63 bits per heavy atom. The van der Waals surface area contributed by atoms with E-state index in [9.17, 15) is 9.90 Å². The van der Waals surface area contributed by atoms with Crippen molar-refractivity contribution in [2.45, 2.75) is 43.4 Å². The van der Waals surface area contributed by atoms with Gasteiger partial charge >= 0.3 is 0 Å². The van der Waals surface area contributed by atoms with Gasteiger partial charge in [-0.2, -0.15) is 9.61 Å². The topological polar surface area (TPSA) is 92.4 Å². The summed E-state index contributed by atoms with van der Waals surface area (Å²) in [5.41, 5.74) is 1.45. The number of ether oxygens (including phenoxy) is 1. The van der Waals surface area contributed by atoms with Crippen molar-refractivity contribution in [3.63, 3.8) is 0 Å². The number of hydrogen-bond donors (Lipinski definition) is 0. The average Bonchev–Trinajstić information content (AvgIpc) is 3.09. The van der Waals surface area contributed by atoms with Crippen LogP contribution in [0.15, 0.2) is 41.4 Å². The number of fused-ring (bicyclic) bond motifs is 1. The van der Waals surface area contributed by atoms with Crippen molar-refractivity contribution in [3.8, 4) is 17.1 Å². The lowest BCUT2D eigenvalue weighted by Gasteiger charge is -2.16. The van der Waals surface area contributed by atoms with E-state index >= 15 is 0 Å². The highest BCUT2D eigenvalue weighted by molar-refractivity contribution is 8.00. The molecule has 142 valence electrons. The van der Waals surface area contributed by atoms with E-state index in [0.29, 0.717) is 29.5 Å². The number of rotatable bonds is 9. The van der Waals surface area contributed by atoms with E-state index in [1.54, 1.807) is 16.6 Å². The highest BCUT2D eigenvalue weighted by Crippen LogP contribution is 2.27. The highest BCUT2D eigenvalue weighted by Gasteiger charge is 2.15. The lowest BCUT2D eigenvalue weighted by Crippen LogP contribution is -2.33. The highest BCUT2D eigenvalue weighted by atomic mass is 32.2. The first-order chi connectivity index (χ1) is 13.1. The largest absolute Gasteiger partial charge is 0.549 e. The summed E-state index contributed by atoms with van der Waals surface area (Å²) in [5.74, 6) is 0.312. The fourth-order valence-electron chi connectivity index (χ4n) is 2.64. The quantitative estimate of drug-likeness (QED) is 0.523. The Morgan fingerprint density at radius 2 is 1.96 bits per heavy atom. The molecule has 1 aromatic carbocycles. The van der Waals surface area contributed by atoms with E-state index in [4.69, 9.17) is 4.74 Å². The van der Waals surface area contributed by atoms with Gasteiger partial charge in [-0.15, -0.1) is 10.2 Å². The summed E-state index contributed by atoms with van der Waals surface area (Å²) in [6.45, 7) is 4.57. The smallest absolute Gasteiger partial charge is 0.185 e. The fraction of sp³-hybridized carbons (Fsp3) is 0.368. The number of nitrogens with zero attached hydrogens (tertiary/aromatic N) is 4. The van der Waals surface area contributed by atoms with Crippen LogP contribution in [-0.2, 0) is 4.79 Å². The lowest BCUT2D eigenvalue weighted by atomic mass is 10.2. The van der Waals surface area contributed by atoms with E-state index in [1.807, 2.05) is 38.1 Å². The number of unbranched alkanes of at least 4 members (excludes halogenated alkanes) is 1. The predicted octanol–water partition coefficient (Wildman–Crippen LogP) is 2.59. The Balaban J connectivity index is 1.88. The molecule has 0 aliphatic heterocycles. The Morgan fingerprint density at radius 1 is 1.19 bits per heavy atom. The van der Waals surface area contributed by atoms with Gasteiger partial charge in [0.15, 0.2) is 11.5 Å². The maximum absolute atomic E-state index is 11.4. The number of carbonyl (C=O) groups is 1. The number of hydrogen-bond acceptors (Lipinski definition) is 7. The van der Waals surface area contributed by atoms with Crippen LogP contribution in [0.2, 0.25) is 0 Å². The molecule has 0 saturated carbocycles. The predicted molar refractivity (Wildman–Crippen MR) is 102 cm³/mol. The molecule has 8 heteroatoms. The summed E-state index contributed by atoms with van der Waals surface area (Å²) in [6.07, 6.45) is 2.32. The minimum Gasteiger partial charge on any atom is -0.549 e. The number of benzene rings is 1. The van der Waals surface area contributed by atoms with Crippen molar-refractivity contribution in [2.24, 2.45) is 0 Å². The summed E-state index contributed by atoms with van der Waals surface area (Å²) in [7, 11) is 0. The summed E-state index contributed by atoms with van der Waals surface area (Å²) >= 11 is 1.20. The summed E-state index contributed by atoms with van der Waals surface area (Å²) in [6, 6.07) is 11.1. The molecule has 0 spiro atoms. The molecular weight excluding hydrogens is 364 g/mol. The monoisotopic (exact) mass is 385 g/mol. The number of aliphatic carboxylic acids is 1. The molecule has 3 aromatic rings. The molecule has 0 unspecified atom stereocenters. The van der Waals surface area contributed by atoms with Crippen molar-refractivity contribution in [3.05, 3.63) is 36.4 Å². The Kier molecular flexibility index (Phi) is 6.28. The molecule has 2 aromatic heterocycles. The second-order valence-corrected chi connectivity index (χ2v) is 7.21.